The number of aliphatic carboxylic acids is 1. The van der Waals surface area contributed by atoms with Crippen molar-refractivity contribution in [2.75, 3.05) is 25.2 Å². The summed E-state index contributed by atoms with van der Waals surface area (Å²) >= 11 is 0. The van der Waals surface area contributed by atoms with Crippen molar-refractivity contribution in [1.82, 2.24) is 0 Å². The van der Waals surface area contributed by atoms with Gasteiger partial charge in [0.1, 0.15) is 5.75 Å². The average Bonchev–Trinajstić information content (AvgIpc) is 2.90. The third-order valence-electron chi connectivity index (χ3n) is 5.94. The summed E-state index contributed by atoms with van der Waals surface area (Å²) in [6.07, 6.45) is -2.69. The standard InChI is InChI=1S/C30H31F3N2O6/c1-39-27-17-22(8-11-26(27)40-13-3-2-12-30(31,32)33)29(38)41-25-9-5-19(6-10-25)14-21(28(36)37)7-4-20-15-23(34)18-24(35)16-20/h5-6,8-11,14-18H,2-4,7,12-13,34-35H2,1H3,(H,36,37). The summed E-state index contributed by atoms with van der Waals surface area (Å²) in [5.74, 6) is -0.960. The molecule has 0 unspecified atom stereocenters. The van der Waals surface area contributed by atoms with Gasteiger partial charge in [0.15, 0.2) is 11.5 Å². The molecule has 3 aromatic rings. The van der Waals surface area contributed by atoms with Gasteiger partial charge in [0.25, 0.3) is 0 Å². The highest BCUT2D eigenvalue weighted by Gasteiger charge is 2.25. The zero-order chi connectivity index (χ0) is 30.0. The van der Waals surface area contributed by atoms with Crippen molar-refractivity contribution in [3.63, 3.8) is 0 Å². The maximum absolute atomic E-state index is 12.7. The summed E-state index contributed by atoms with van der Waals surface area (Å²) < 4.78 is 53.0. The van der Waals surface area contributed by atoms with Crippen LogP contribution < -0.4 is 25.7 Å². The first kappa shape index (κ1) is 30.9. The van der Waals surface area contributed by atoms with Crippen molar-refractivity contribution in [2.45, 2.75) is 38.3 Å². The SMILES string of the molecule is COc1cc(C(=O)Oc2ccc(C=C(CCc3cc(N)cc(N)c3)C(=O)O)cc2)ccc1OCCCCC(F)(F)F. The molecule has 0 atom stereocenters. The van der Waals surface area contributed by atoms with Crippen LogP contribution in [0.5, 0.6) is 17.2 Å². The van der Waals surface area contributed by atoms with Crippen LogP contribution in [-0.4, -0.2) is 36.9 Å². The van der Waals surface area contributed by atoms with Gasteiger partial charge in [0, 0.05) is 23.4 Å². The van der Waals surface area contributed by atoms with Crippen LogP contribution in [0.25, 0.3) is 6.08 Å². The number of nitrogen functional groups attached to an aromatic ring is 2. The van der Waals surface area contributed by atoms with Gasteiger partial charge in [-0.25, -0.2) is 9.59 Å². The van der Waals surface area contributed by atoms with E-state index >= 15 is 0 Å². The Balaban J connectivity index is 1.59. The Morgan fingerprint density at radius 1 is 0.927 bits per heavy atom. The van der Waals surface area contributed by atoms with Gasteiger partial charge in [0.05, 0.1) is 19.3 Å². The van der Waals surface area contributed by atoms with E-state index in [2.05, 4.69) is 0 Å². The van der Waals surface area contributed by atoms with E-state index in [0.29, 0.717) is 29.1 Å². The van der Waals surface area contributed by atoms with E-state index in [9.17, 15) is 27.9 Å². The second-order valence-electron chi connectivity index (χ2n) is 9.23. The lowest BCUT2D eigenvalue weighted by Crippen LogP contribution is -2.10. The number of rotatable bonds is 13. The van der Waals surface area contributed by atoms with Crippen molar-refractivity contribution in [3.8, 4) is 17.2 Å². The van der Waals surface area contributed by atoms with Gasteiger partial charge in [-0.2, -0.15) is 13.2 Å². The van der Waals surface area contributed by atoms with Crippen molar-refractivity contribution in [3.05, 3.63) is 82.9 Å². The Bertz CT molecular complexity index is 1370. The predicted octanol–water partition coefficient (Wildman–Crippen LogP) is 6.29. The monoisotopic (exact) mass is 572 g/mol. The molecule has 5 N–H and O–H groups in total. The number of carbonyl (C=O) groups excluding carboxylic acids is 1. The lowest BCUT2D eigenvalue weighted by molar-refractivity contribution is -0.136. The number of hydrogen-bond acceptors (Lipinski definition) is 7. The number of benzene rings is 3. The number of nitrogens with two attached hydrogens (primary N) is 2. The fourth-order valence-corrected chi connectivity index (χ4v) is 3.93. The third-order valence-corrected chi connectivity index (χ3v) is 5.94. The highest BCUT2D eigenvalue weighted by Crippen LogP contribution is 2.30. The van der Waals surface area contributed by atoms with Crippen LogP contribution >= 0.6 is 0 Å². The van der Waals surface area contributed by atoms with E-state index < -0.39 is 24.5 Å². The first-order valence-electron chi connectivity index (χ1n) is 12.7. The zero-order valence-electron chi connectivity index (χ0n) is 22.4. The normalized spacial score (nSPS) is 11.7. The summed E-state index contributed by atoms with van der Waals surface area (Å²) in [5, 5.41) is 9.64. The number of esters is 1. The third kappa shape index (κ3) is 10.1. The van der Waals surface area contributed by atoms with E-state index in [0.717, 1.165) is 5.56 Å². The van der Waals surface area contributed by atoms with Crippen molar-refractivity contribution < 1.29 is 42.1 Å². The van der Waals surface area contributed by atoms with E-state index in [1.165, 1.54) is 43.5 Å². The van der Waals surface area contributed by atoms with Crippen LogP contribution in [-0.2, 0) is 11.2 Å². The van der Waals surface area contributed by atoms with Gasteiger partial charge in [-0.15, -0.1) is 0 Å². The van der Waals surface area contributed by atoms with Crippen LogP contribution in [0.15, 0.2) is 66.2 Å². The number of unbranched alkanes of at least 4 members (excludes halogenated alkanes) is 1. The number of carboxylic acid groups (broad SMARTS) is 1. The topological polar surface area (TPSA) is 134 Å². The minimum Gasteiger partial charge on any atom is -0.493 e. The Labute approximate surface area is 235 Å². The van der Waals surface area contributed by atoms with Crippen molar-refractivity contribution >= 4 is 29.4 Å². The summed E-state index contributed by atoms with van der Waals surface area (Å²) in [6, 6.07) is 15.8. The number of methoxy groups -OCH3 is 1. The molecule has 0 aliphatic carbocycles. The molecule has 0 fully saturated rings. The lowest BCUT2D eigenvalue weighted by atomic mass is 10.0. The van der Waals surface area contributed by atoms with Crippen LogP contribution in [0.3, 0.4) is 0 Å². The van der Waals surface area contributed by atoms with Gasteiger partial charge in [-0.3, -0.25) is 0 Å². The Morgan fingerprint density at radius 3 is 2.22 bits per heavy atom. The Hall–Kier alpha value is -4.67. The largest absolute Gasteiger partial charge is 0.493 e. The Kier molecular flexibility index (Phi) is 10.6. The van der Waals surface area contributed by atoms with Crippen LogP contribution in [0, 0.1) is 0 Å². The van der Waals surface area contributed by atoms with Gasteiger partial charge in [0.2, 0.25) is 0 Å². The minimum atomic E-state index is -4.20. The number of anilines is 2. The first-order chi connectivity index (χ1) is 19.4. The number of ether oxygens (including phenoxy) is 3. The average molecular weight is 573 g/mol. The number of carboxylic acids is 1. The number of hydrogen-bond donors (Lipinski definition) is 3. The fraction of sp³-hybridized carbons (Fsp3) is 0.267. The first-order valence-corrected chi connectivity index (χ1v) is 12.7. The summed E-state index contributed by atoms with van der Waals surface area (Å²) in [5.41, 5.74) is 14.4. The molecular weight excluding hydrogens is 541 g/mol. The van der Waals surface area contributed by atoms with Crippen molar-refractivity contribution in [1.29, 1.82) is 0 Å². The van der Waals surface area contributed by atoms with E-state index in [1.54, 1.807) is 30.3 Å². The van der Waals surface area contributed by atoms with E-state index in [1.807, 2.05) is 0 Å². The molecule has 0 saturated carbocycles. The molecular formula is C30H31F3N2O6. The van der Waals surface area contributed by atoms with Gasteiger partial charge in [-0.05, 0) is 91.4 Å². The molecule has 0 spiro atoms. The summed E-state index contributed by atoms with van der Waals surface area (Å²) in [4.78, 5) is 24.5. The molecule has 3 rings (SSSR count). The molecule has 3 aromatic carbocycles. The van der Waals surface area contributed by atoms with Gasteiger partial charge in [-0.1, -0.05) is 12.1 Å². The van der Waals surface area contributed by atoms with E-state index in [4.69, 9.17) is 25.7 Å². The molecule has 41 heavy (non-hydrogen) atoms. The molecule has 0 aliphatic heterocycles. The van der Waals surface area contributed by atoms with Crippen LogP contribution in [0.4, 0.5) is 24.5 Å². The van der Waals surface area contributed by atoms with Crippen LogP contribution in [0.2, 0.25) is 0 Å². The predicted molar refractivity (Wildman–Crippen MR) is 149 cm³/mol. The second kappa shape index (κ2) is 14.1. The molecule has 0 aromatic heterocycles. The number of halogens is 3. The highest BCUT2D eigenvalue weighted by atomic mass is 19.4. The highest BCUT2D eigenvalue weighted by molar-refractivity contribution is 5.93. The number of aryl methyl sites for hydroxylation is 1. The summed E-state index contributed by atoms with van der Waals surface area (Å²) in [7, 11) is 1.38. The minimum absolute atomic E-state index is 0.0543. The molecule has 0 amide bonds. The number of alkyl halides is 3. The maximum Gasteiger partial charge on any atom is 0.389 e. The molecule has 0 bridgehead atoms. The van der Waals surface area contributed by atoms with Gasteiger partial charge < -0.3 is 30.8 Å². The fourth-order valence-electron chi connectivity index (χ4n) is 3.93. The zero-order valence-corrected chi connectivity index (χ0v) is 22.4. The quantitative estimate of drug-likeness (QED) is 0.0715. The second-order valence-corrected chi connectivity index (χ2v) is 9.23. The lowest BCUT2D eigenvalue weighted by Gasteiger charge is -2.12. The molecule has 0 aliphatic rings. The Morgan fingerprint density at radius 2 is 1.61 bits per heavy atom. The smallest absolute Gasteiger partial charge is 0.389 e. The summed E-state index contributed by atoms with van der Waals surface area (Å²) in [6.45, 7) is 0.0656. The number of carbonyl (C=O) groups is 2. The molecule has 11 heteroatoms. The molecule has 218 valence electrons. The molecule has 0 radical (unpaired) electrons. The van der Waals surface area contributed by atoms with Crippen molar-refractivity contribution in [2.24, 2.45) is 0 Å². The molecule has 8 nitrogen and oxygen atoms in total. The molecule has 0 saturated heterocycles. The van der Waals surface area contributed by atoms with E-state index in [-0.39, 0.29) is 48.5 Å². The molecule has 0 heterocycles. The maximum atomic E-state index is 12.7. The van der Waals surface area contributed by atoms with Gasteiger partial charge >= 0.3 is 18.1 Å². The van der Waals surface area contributed by atoms with Crippen LogP contribution in [0.1, 0.15) is 47.2 Å².